The van der Waals surface area contributed by atoms with Crippen molar-refractivity contribution >= 4 is 17.4 Å². The monoisotopic (exact) mass is 255 g/mol. The molecule has 0 aromatic carbocycles. The second-order valence-corrected chi connectivity index (χ2v) is 5.97. The van der Waals surface area contributed by atoms with Crippen molar-refractivity contribution in [2.45, 2.75) is 45.3 Å². The van der Waals surface area contributed by atoms with Gasteiger partial charge in [0.1, 0.15) is 16.1 Å². The Bertz CT molecular complexity index is 386. The minimum atomic E-state index is -0.453. The Morgan fingerprint density at radius 1 is 1.59 bits per heavy atom. The summed E-state index contributed by atoms with van der Waals surface area (Å²) < 4.78 is 5.39. The highest BCUT2D eigenvalue weighted by Crippen LogP contribution is 2.33. The normalized spacial score (nSPS) is 20.6. The zero-order chi connectivity index (χ0) is 12.5. The molecule has 2 rings (SSSR count). The van der Waals surface area contributed by atoms with Crippen LogP contribution in [-0.2, 0) is 4.74 Å². The summed E-state index contributed by atoms with van der Waals surface area (Å²) in [6.07, 6.45) is 1.67. The molecule has 1 amide bonds. The highest BCUT2D eigenvalue weighted by molar-refractivity contribution is 7.09. The molecule has 5 nitrogen and oxygen atoms in total. The summed E-state index contributed by atoms with van der Waals surface area (Å²) in [6.45, 7) is 6.36. The van der Waals surface area contributed by atoms with Crippen molar-refractivity contribution in [1.29, 1.82) is 0 Å². The predicted molar refractivity (Wildman–Crippen MR) is 64.8 cm³/mol. The minimum Gasteiger partial charge on any atom is -0.444 e. The van der Waals surface area contributed by atoms with Crippen molar-refractivity contribution in [2.24, 2.45) is 0 Å². The maximum Gasteiger partial charge on any atom is 0.410 e. The van der Waals surface area contributed by atoms with E-state index in [-0.39, 0.29) is 12.1 Å². The zero-order valence-corrected chi connectivity index (χ0v) is 11.2. The number of likely N-dealkylation sites (tertiary alicyclic amines) is 1. The Morgan fingerprint density at radius 3 is 2.94 bits per heavy atom. The Morgan fingerprint density at radius 2 is 2.35 bits per heavy atom. The van der Waals surface area contributed by atoms with E-state index in [4.69, 9.17) is 4.74 Å². The molecule has 0 radical (unpaired) electrons. The molecule has 0 bridgehead atoms. The van der Waals surface area contributed by atoms with Crippen LogP contribution in [0.3, 0.4) is 0 Å². The molecule has 0 spiro atoms. The standard InChI is InChI=1S/C11H17N3O2S/c1-11(2,3)16-10(15)14-6-4-5-8(14)9-13-12-7-17-9/h7-8H,4-6H2,1-3H3/t8-/m0/s1. The van der Waals surface area contributed by atoms with Gasteiger partial charge in [-0.3, -0.25) is 4.90 Å². The first-order valence-electron chi connectivity index (χ1n) is 5.73. The maximum absolute atomic E-state index is 12.0. The molecule has 0 aliphatic carbocycles. The van der Waals surface area contributed by atoms with Crippen LogP contribution in [0.5, 0.6) is 0 Å². The SMILES string of the molecule is CC(C)(C)OC(=O)N1CCC[C@H]1c1nncs1. The molecule has 6 heteroatoms. The van der Waals surface area contributed by atoms with Crippen LogP contribution in [0.25, 0.3) is 0 Å². The number of rotatable bonds is 1. The van der Waals surface area contributed by atoms with Gasteiger partial charge in [-0.05, 0) is 33.6 Å². The van der Waals surface area contributed by atoms with Crippen molar-refractivity contribution in [3.05, 3.63) is 10.5 Å². The molecule has 0 saturated carbocycles. The number of hydrogen-bond acceptors (Lipinski definition) is 5. The molecule has 1 aromatic heterocycles. The molecule has 17 heavy (non-hydrogen) atoms. The van der Waals surface area contributed by atoms with Gasteiger partial charge in [0.05, 0.1) is 6.04 Å². The Hall–Kier alpha value is -1.17. The van der Waals surface area contributed by atoms with E-state index in [2.05, 4.69) is 10.2 Å². The van der Waals surface area contributed by atoms with Crippen LogP contribution < -0.4 is 0 Å². The topological polar surface area (TPSA) is 55.3 Å². The molecule has 2 heterocycles. The number of hydrogen-bond donors (Lipinski definition) is 0. The van der Waals surface area contributed by atoms with Gasteiger partial charge in [0.25, 0.3) is 0 Å². The molecule has 1 aliphatic heterocycles. The maximum atomic E-state index is 12.0. The lowest BCUT2D eigenvalue weighted by Crippen LogP contribution is -2.36. The minimum absolute atomic E-state index is 0.0392. The fraction of sp³-hybridized carbons (Fsp3) is 0.727. The lowest BCUT2D eigenvalue weighted by molar-refractivity contribution is 0.0224. The van der Waals surface area contributed by atoms with E-state index in [9.17, 15) is 4.79 Å². The van der Waals surface area contributed by atoms with Gasteiger partial charge in [-0.2, -0.15) is 0 Å². The summed E-state index contributed by atoms with van der Waals surface area (Å²) in [6, 6.07) is 0.0392. The smallest absolute Gasteiger partial charge is 0.410 e. The number of carbonyl (C=O) groups excluding carboxylic acids is 1. The van der Waals surface area contributed by atoms with E-state index >= 15 is 0 Å². The van der Waals surface area contributed by atoms with E-state index in [0.717, 1.165) is 24.4 Å². The van der Waals surface area contributed by atoms with Crippen LogP contribution in [-0.4, -0.2) is 33.3 Å². The van der Waals surface area contributed by atoms with Gasteiger partial charge in [-0.15, -0.1) is 21.5 Å². The van der Waals surface area contributed by atoms with Gasteiger partial charge < -0.3 is 4.74 Å². The Balaban J connectivity index is 2.07. The molecule has 1 fully saturated rings. The second kappa shape index (κ2) is 4.60. The molecule has 0 unspecified atom stereocenters. The molecule has 94 valence electrons. The average Bonchev–Trinajstić information content (AvgIpc) is 2.85. The molecular formula is C11H17N3O2S. The first-order valence-corrected chi connectivity index (χ1v) is 6.61. The van der Waals surface area contributed by atoms with E-state index in [1.807, 2.05) is 20.8 Å². The summed E-state index contributed by atoms with van der Waals surface area (Å²) in [4.78, 5) is 13.8. The quantitative estimate of drug-likeness (QED) is 0.774. The molecular weight excluding hydrogens is 238 g/mol. The largest absolute Gasteiger partial charge is 0.444 e. The summed E-state index contributed by atoms with van der Waals surface area (Å²) in [5.41, 5.74) is 1.24. The van der Waals surface area contributed by atoms with Crippen molar-refractivity contribution in [3.63, 3.8) is 0 Å². The van der Waals surface area contributed by atoms with Gasteiger partial charge in [-0.25, -0.2) is 4.79 Å². The van der Waals surface area contributed by atoms with Crippen LogP contribution in [0, 0.1) is 0 Å². The summed E-state index contributed by atoms with van der Waals surface area (Å²) in [5, 5.41) is 8.77. The molecule has 0 N–H and O–H groups in total. The zero-order valence-electron chi connectivity index (χ0n) is 10.3. The van der Waals surface area contributed by atoms with Crippen molar-refractivity contribution in [3.8, 4) is 0 Å². The Labute approximate surface area is 105 Å². The van der Waals surface area contributed by atoms with Gasteiger partial charge >= 0.3 is 6.09 Å². The first-order chi connectivity index (χ1) is 7.97. The van der Waals surface area contributed by atoms with Gasteiger partial charge in [0.15, 0.2) is 0 Å². The third kappa shape index (κ3) is 2.94. The molecule has 1 atom stereocenters. The number of nitrogens with zero attached hydrogens (tertiary/aromatic N) is 3. The van der Waals surface area contributed by atoms with Crippen molar-refractivity contribution in [2.75, 3.05) is 6.54 Å². The lowest BCUT2D eigenvalue weighted by atomic mass is 10.2. The summed E-state index contributed by atoms with van der Waals surface area (Å²) >= 11 is 1.49. The molecule has 1 saturated heterocycles. The number of amides is 1. The van der Waals surface area contributed by atoms with E-state index < -0.39 is 5.60 Å². The van der Waals surface area contributed by atoms with E-state index in [1.54, 1.807) is 10.4 Å². The third-order valence-electron chi connectivity index (χ3n) is 2.54. The van der Waals surface area contributed by atoms with E-state index in [0.29, 0.717) is 0 Å². The predicted octanol–water partition coefficient (Wildman–Crippen LogP) is 2.61. The van der Waals surface area contributed by atoms with Crippen LogP contribution in [0.15, 0.2) is 5.51 Å². The lowest BCUT2D eigenvalue weighted by Gasteiger charge is -2.27. The second-order valence-electron chi connectivity index (χ2n) is 5.11. The third-order valence-corrected chi connectivity index (χ3v) is 3.34. The van der Waals surface area contributed by atoms with E-state index in [1.165, 1.54) is 11.3 Å². The van der Waals surface area contributed by atoms with Crippen molar-refractivity contribution in [1.82, 2.24) is 15.1 Å². The highest BCUT2D eigenvalue weighted by atomic mass is 32.1. The van der Waals surface area contributed by atoms with Gasteiger partial charge in [0.2, 0.25) is 0 Å². The number of carbonyl (C=O) groups is 1. The average molecular weight is 255 g/mol. The first kappa shape index (κ1) is 12.3. The fourth-order valence-corrected chi connectivity index (χ4v) is 2.59. The number of aromatic nitrogens is 2. The Kier molecular flexibility index (Phi) is 3.33. The fourth-order valence-electron chi connectivity index (χ4n) is 1.89. The van der Waals surface area contributed by atoms with Gasteiger partial charge in [-0.1, -0.05) is 0 Å². The summed E-state index contributed by atoms with van der Waals surface area (Å²) in [5.74, 6) is 0. The molecule has 1 aromatic rings. The van der Waals surface area contributed by atoms with Gasteiger partial charge in [0, 0.05) is 6.54 Å². The van der Waals surface area contributed by atoms with Crippen LogP contribution >= 0.6 is 11.3 Å². The number of ether oxygens (including phenoxy) is 1. The molecule has 1 aliphatic rings. The summed E-state index contributed by atoms with van der Waals surface area (Å²) in [7, 11) is 0. The highest BCUT2D eigenvalue weighted by Gasteiger charge is 2.34. The van der Waals surface area contributed by atoms with Crippen LogP contribution in [0.2, 0.25) is 0 Å². The van der Waals surface area contributed by atoms with Crippen LogP contribution in [0.4, 0.5) is 4.79 Å². The van der Waals surface area contributed by atoms with Crippen molar-refractivity contribution < 1.29 is 9.53 Å². The van der Waals surface area contributed by atoms with Crippen LogP contribution in [0.1, 0.15) is 44.7 Å².